The van der Waals surface area contributed by atoms with E-state index < -0.39 is 17.7 Å². The fourth-order valence-corrected chi connectivity index (χ4v) is 3.46. The van der Waals surface area contributed by atoms with Crippen LogP contribution in [0.1, 0.15) is 36.9 Å². The van der Waals surface area contributed by atoms with Crippen molar-refractivity contribution in [2.24, 2.45) is 0 Å². The molecule has 1 aliphatic heterocycles. The van der Waals surface area contributed by atoms with Gasteiger partial charge in [0.2, 0.25) is 0 Å². The lowest BCUT2D eigenvalue weighted by Gasteiger charge is -2.25. The van der Waals surface area contributed by atoms with Crippen LogP contribution in [0.4, 0.5) is 0 Å². The van der Waals surface area contributed by atoms with Crippen LogP contribution in [0.15, 0.2) is 54.4 Å². The number of carbonyl (C=O) groups is 2. The summed E-state index contributed by atoms with van der Waals surface area (Å²) in [5.41, 5.74) is 1.17. The third-order valence-corrected chi connectivity index (χ3v) is 4.89. The van der Waals surface area contributed by atoms with Gasteiger partial charge in [-0.25, -0.2) is 0 Å². The van der Waals surface area contributed by atoms with E-state index in [1.807, 2.05) is 6.92 Å². The standard InChI is InChI=1S/C23H26N2O5/c1-3-13-30-18-9-7-16(8-10-18)21(26)19-20(17-6-4-11-24-15-17)25(12-5-14-29-2)23(28)22(19)27/h4,6-11,15,20,26H,3,5,12-14H2,1-2H3/t20-/m1/s1. The molecule has 3 rings (SSSR count). The Balaban J connectivity index is 2.00. The minimum Gasteiger partial charge on any atom is -0.507 e. The minimum atomic E-state index is -0.704. The van der Waals surface area contributed by atoms with Crippen molar-refractivity contribution in [1.82, 2.24) is 9.88 Å². The van der Waals surface area contributed by atoms with Gasteiger partial charge >= 0.3 is 0 Å². The van der Waals surface area contributed by atoms with Crippen LogP contribution in [0, 0.1) is 0 Å². The first-order chi connectivity index (χ1) is 14.6. The smallest absolute Gasteiger partial charge is 0.295 e. The SMILES string of the molecule is CCCOc1ccc(C(O)=C2C(=O)C(=O)N(CCCOC)[C@@H]2c2cccnc2)cc1. The number of methoxy groups -OCH3 is 1. The second kappa shape index (κ2) is 10.0. The first kappa shape index (κ1) is 21.5. The van der Waals surface area contributed by atoms with Crippen molar-refractivity contribution in [3.63, 3.8) is 0 Å². The highest BCUT2D eigenvalue weighted by atomic mass is 16.5. The summed E-state index contributed by atoms with van der Waals surface area (Å²) in [6.45, 7) is 3.41. The molecule has 1 fully saturated rings. The van der Waals surface area contributed by atoms with Crippen LogP contribution in [0.5, 0.6) is 5.75 Å². The Hall–Kier alpha value is -3.19. The van der Waals surface area contributed by atoms with Crippen LogP contribution in [0.3, 0.4) is 0 Å². The molecule has 0 spiro atoms. The van der Waals surface area contributed by atoms with E-state index in [0.29, 0.717) is 43.1 Å². The topological polar surface area (TPSA) is 89.0 Å². The molecule has 1 aromatic heterocycles. The molecule has 0 radical (unpaired) electrons. The molecule has 0 saturated carbocycles. The first-order valence-electron chi connectivity index (χ1n) is 9.99. The predicted octanol–water partition coefficient (Wildman–Crippen LogP) is 3.33. The molecule has 7 nitrogen and oxygen atoms in total. The van der Waals surface area contributed by atoms with Crippen molar-refractivity contribution in [3.05, 3.63) is 65.5 Å². The highest BCUT2D eigenvalue weighted by Crippen LogP contribution is 2.39. The van der Waals surface area contributed by atoms with Gasteiger partial charge in [0.15, 0.2) is 0 Å². The van der Waals surface area contributed by atoms with E-state index in [2.05, 4.69) is 4.98 Å². The van der Waals surface area contributed by atoms with E-state index in [4.69, 9.17) is 9.47 Å². The molecule has 2 aromatic rings. The zero-order valence-corrected chi connectivity index (χ0v) is 17.2. The Labute approximate surface area is 175 Å². The summed E-state index contributed by atoms with van der Waals surface area (Å²) in [6, 6.07) is 9.66. The van der Waals surface area contributed by atoms with Crippen molar-refractivity contribution < 1.29 is 24.2 Å². The maximum Gasteiger partial charge on any atom is 0.295 e. The van der Waals surface area contributed by atoms with Gasteiger partial charge in [0.25, 0.3) is 11.7 Å². The molecule has 7 heteroatoms. The average Bonchev–Trinajstić information content (AvgIpc) is 3.03. The molecule has 0 unspecified atom stereocenters. The van der Waals surface area contributed by atoms with Gasteiger partial charge in [-0.15, -0.1) is 0 Å². The van der Waals surface area contributed by atoms with E-state index in [9.17, 15) is 14.7 Å². The number of benzene rings is 1. The number of hydrogen-bond acceptors (Lipinski definition) is 6. The van der Waals surface area contributed by atoms with Gasteiger partial charge < -0.3 is 19.5 Å². The van der Waals surface area contributed by atoms with Gasteiger partial charge in [0.1, 0.15) is 11.5 Å². The van der Waals surface area contributed by atoms with Gasteiger partial charge in [-0.2, -0.15) is 0 Å². The first-order valence-corrected chi connectivity index (χ1v) is 9.99. The van der Waals surface area contributed by atoms with E-state index >= 15 is 0 Å². The Morgan fingerprint density at radius 3 is 2.57 bits per heavy atom. The van der Waals surface area contributed by atoms with Gasteiger partial charge in [0.05, 0.1) is 18.2 Å². The number of nitrogens with zero attached hydrogens (tertiary/aromatic N) is 2. The van der Waals surface area contributed by atoms with Crippen LogP contribution in [0.25, 0.3) is 5.76 Å². The number of amides is 1. The van der Waals surface area contributed by atoms with Crippen LogP contribution >= 0.6 is 0 Å². The lowest BCUT2D eigenvalue weighted by Crippen LogP contribution is -2.31. The molecule has 1 amide bonds. The molecule has 1 aliphatic rings. The fourth-order valence-electron chi connectivity index (χ4n) is 3.46. The van der Waals surface area contributed by atoms with E-state index in [1.165, 1.54) is 4.90 Å². The highest BCUT2D eigenvalue weighted by Gasteiger charge is 2.45. The molecule has 30 heavy (non-hydrogen) atoms. The largest absolute Gasteiger partial charge is 0.507 e. The molecule has 1 N–H and O–H groups in total. The lowest BCUT2D eigenvalue weighted by atomic mass is 9.96. The van der Waals surface area contributed by atoms with Gasteiger partial charge in [-0.05, 0) is 48.7 Å². The molecule has 1 atom stereocenters. The summed E-state index contributed by atoms with van der Waals surface area (Å²) >= 11 is 0. The lowest BCUT2D eigenvalue weighted by molar-refractivity contribution is -0.140. The molecule has 158 valence electrons. The third kappa shape index (κ3) is 4.52. The normalized spacial score (nSPS) is 18.1. The number of Topliss-reactive ketones (excluding diaryl/α,β-unsaturated/α-hetero) is 1. The number of ketones is 1. The molecular weight excluding hydrogens is 384 g/mol. The van der Waals surface area contributed by atoms with Gasteiger partial charge in [0, 0.05) is 38.2 Å². The predicted molar refractivity (Wildman–Crippen MR) is 112 cm³/mol. The summed E-state index contributed by atoms with van der Waals surface area (Å²) in [6.07, 6.45) is 4.69. The quantitative estimate of drug-likeness (QED) is 0.295. The number of pyridine rings is 1. The van der Waals surface area contributed by atoms with E-state index in [0.717, 1.165) is 6.42 Å². The van der Waals surface area contributed by atoms with Crippen LogP contribution < -0.4 is 4.74 Å². The summed E-state index contributed by atoms with van der Waals surface area (Å²) in [7, 11) is 1.58. The van der Waals surface area contributed by atoms with Gasteiger partial charge in [-0.1, -0.05) is 13.0 Å². The second-order valence-electron chi connectivity index (χ2n) is 7.00. The van der Waals surface area contributed by atoms with Crippen molar-refractivity contribution in [1.29, 1.82) is 0 Å². The number of aromatic nitrogens is 1. The fraction of sp³-hybridized carbons (Fsp3) is 0.348. The second-order valence-corrected chi connectivity index (χ2v) is 7.00. The monoisotopic (exact) mass is 410 g/mol. The number of carbonyl (C=O) groups excluding carboxylic acids is 2. The number of rotatable bonds is 9. The number of hydrogen-bond donors (Lipinski definition) is 1. The van der Waals surface area contributed by atoms with Gasteiger partial charge in [-0.3, -0.25) is 14.6 Å². The number of ether oxygens (including phenoxy) is 2. The van der Waals surface area contributed by atoms with Crippen LogP contribution in [0.2, 0.25) is 0 Å². The van der Waals surface area contributed by atoms with Crippen LogP contribution in [-0.4, -0.2) is 53.5 Å². The zero-order chi connectivity index (χ0) is 21.5. The molecule has 0 aliphatic carbocycles. The van der Waals surface area contributed by atoms with E-state index in [1.54, 1.807) is 55.9 Å². The summed E-state index contributed by atoms with van der Waals surface area (Å²) in [5.74, 6) is -0.870. The average molecular weight is 410 g/mol. The maximum absolute atomic E-state index is 12.9. The van der Waals surface area contributed by atoms with Crippen molar-refractivity contribution in [3.8, 4) is 5.75 Å². The third-order valence-electron chi connectivity index (χ3n) is 4.89. The summed E-state index contributed by atoms with van der Waals surface area (Å²) < 4.78 is 10.6. The Morgan fingerprint density at radius 2 is 1.93 bits per heavy atom. The molecule has 1 aromatic carbocycles. The highest BCUT2D eigenvalue weighted by molar-refractivity contribution is 6.46. The maximum atomic E-state index is 12.9. The Morgan fingerprint density at radius 1 is 1.17 bits per heavy atom. The molecule has 2 heterocycles. The van der Waals surface area contributed by atoms with E-state index in [-0.39, 0.29) is 11.3 Å². The summed E-state index contributed by atoms with van der Waals surface area (Å²) in [5, 5.41) is 11.0. The van der Waals surface area contributed by atoms with Crippen LogP contribution in [-0.2, 0) is 14.3 Å². The Bertz CT molecular complexity index is 909. The van der Waals surface area contributed by atoms with Crippen molar-refractivity contribution in [2.75, 3.05) is 26.9 Å². The van der Waals surface area contributed by atoms with Crippen molar-refractivity contribution in [2.45, 2.75) is 25.8 Å². The minimum absolute atomic E-state index is 0.0626. The number of likely N-dealkylation sites (tertiary alicyclic amines) is 1. The zero-order valence-electron chi connectivity index (χ0n) is 17.2. The molecule has 0 bridgehead atoms. The molecule has 1 saturated heterocycles. The number of aliphatic hydroxyl groups is 1. The van der Waals surface area contributed by atoms with Crippen molar-refractivity contribution >= 4 is 17.4 Å². The summed E-state index contributed by atoms with van der Waals surface area (Å²) in [4.78, 5) is 31.2. The Kier molecular flexibility index (Phi) is 7.19. The number of aliphatic hydroxyl groups excluding tert-OH is 1. The molecular formula is C23H26N2O5.